The molecule has 7 rings (SSSR count). The topological polar surface area (TPSA) is 105 Å². The minimum atomic E-state index is -2.04. The van der Waals surface area contributed by atoms with Gasteiger partial charge in [-0.1, -0.05) is 46.4 Å². The van der Waals surface area contributed by atoms with Crippen LogP contribution in [0.3, 0.4) is 0 Å². The van der Waals surface area contributed by atoms with Crippen molar-refractivity contribution >= 4 is 116 Å². The zero-order valence-corrected chi connectivity index (χ0v) is 28.8. The van der Waals surface area contributed by atoms with E-state index in [1.807, 2.05) is 0 Å². The second kappa shape index (κ2) is 9.16. The van der Waals surface area contributed by atoms with Gasteiger partial charge in [-0.15, -0.1) is 46.4 Å². The Balaban J connectivity index is 1.45. The van der Waals surface area contributed by atoms with E-state index >= 15 is 0 Å². The van der Waals surface area contributed by atoms with Crippen LogP contribution in [0.5, 0.6) is 0 Å². The molecule has 0 spiro atoms. The summed E-state index contributed by atoms with van der Waals surface area (Å²) in [5.74, 6) is -12.5. The molecule has 16 heteroatoms. The molecule has 44 heavy (non-hydrogen) atoms. The van der Waals surface area contributed by atoms with Crippen LogP contribution >= 0.6 is 92.8 Å². The van der Waals surface area contributed by atoms with Crippen molar-refractivity contribution in [2.75, 3.05) is 28.4 Å². The Bertz CT molecular complexity index is 1510. The highest BCUT2D eigenvalue weighted by atomic mass is 35.5. The normalized spacial score (nSPS) is 42.3. The first-order chi connectivity index (χ1) is 20.5. The number of carbonyl (C=O) groups is 4. The number of alkyl halides is 4. The molecule has 6 aliphatic rings. The fourth-order valence-electron chi connectivity index (χ4n) is 8.80. The number of fused-ring (bicyclic) bond motifs is 12. The maximum absolute atomic E-state index is 14.3. The van der Waals surface area contributed by atoms with Gasteiger partial charge in [0.1, 0.15) is 19.5 Å². The lowest BCUT2D eigenvalue weighted by Crippen LogP contribution is -2.58. The van der Waals surface area contributed by atoms with Crippen molar-refractivity contribution in [1.82, 2.24) is 0 Å². The largest absolute Gasteiger partial charge is 0.350 e. The van der Waals surface area contributed by atoms with Crippen molar-refractivity contribution in [1.29, 1.82) is 0 Å². The summed E-state index contributed by atoms with van der Waals surface area (Å²) in [6.45, 7) is 0. The first-order valence-corrected chi connectivity index (χ1v) is 15.9. The van der Waals surface area contributed by atoms with Gasteiger partial charge in [-0.3, -0.25) is 19.2 Å². The molecule has 0 amide bonds. The van der Waals surface area contributed by atoms with Crippen LogP contribution in [-0.2, 0) is 18.9 Å². The van der Waals surface area contributed by atoms with Crippen molar-refractivity contribution < 1.29 is 38.1 Å². The Hall–Kier alpha value is -0.460. The van der Waals surface area contributed by atoms with Crippen molar-refractivity contribution in [3.05, 3.63) is 54.5 Å². The fraction of sp³-hybridized carbons (Fsp3) is 0.500. The summed E-state index contributed by atoms with van der Waals surface area (Å²) in [7, 11) is 4.92. The lowest BCUT2D eigenvalue weighted by molar-refractivity contribution is -0.219. The molecule has 1 aromatic rings. The number of benzene rings is 1. The van der Waals surface area contributed by atoms with Crippen molar-refractivity contribution in [3.63, 3.8) is 0 Å². The molecule has 8 unspecified atom stereocenters. The number of hydrogen-bond donors (Lipinski definition) is 0. The average molecular weight is 766 g/mol. The number of ether oxygens (including phenoxy) is 4. The monoisotopic (exact) mass is 762 g/mol. The van der Waals surface area contributed by atoms with E-state index in [0.29, 0.717) is 0 Å². The molecule has 0 radical (unpaired) electrons. The average Bonchev–Trinajstić information content (AvgIpc) is 3.42. The summed E-state index contributed by atoms with van der Waals surface area (Å²) in [4.78, 5) is 49.2. The number of halogens is 8. The predicted octanol–water partition coefficient (Wildman–Crippen LogP) is 6.23. The number of methoxy groups -OCH3 is 4. The predicted molar refractivity (Wildman–Crippen MR) is 163 cm³/mol. The zero-order chi connectivity index (χ0) is 32.5. The van der Waals surface area contributed by atoms with E-state index in [2.05, 4.69) is 0 Å². The van der Waals surface area contributed by atoms with E-state index in [1.165, 1.54) is 40.6 Å². The maximum atomic E-state index is 14.3. The smallest absolute Gasteiger partial charge is 0.218 e. The number of carbonyl (C=O) groups excluding carboxylic acids is 4. The van der Waals surface area contributed by atoms with E-state index in [1.54, 1.807) is 0 Å². The molecule has 8 atom stereocenters. The third-order valence-electron chi connectivity index (χ3n) is 10.5. The summed E-state index contributed by atoms with van der Waals surface area (Å²) in [6, 6.07) is 2.33. The van der Waals surface area contributed by atoms with Gasteiger partial charge in [-0.2, -0.15) is 0 Å². The molecule has 1 aromatic carbocycles. The highest BCUT2D eigenvalue weighted by Gasteiger charge is 2.89. The molecule has 2 fully saturated rings. The molecular formula is C28H18Cl8O8. The zero-order valence-electron chi connectivity index (χ0n) is 22.8. The van der Waals surface area contributed by atoms with Crippen LogP contribution in [0.15, 0.2) is 32.3 Å². The van der Waals surface area contributed by atoms with E-state index in [4.69, 9.17) is 112 Å². The van der Waals surface area contributed by atoms with Gasteiger partial charge >= 0.3 is 0 Å². The molecule has 0 heterocycles. The molecule has 234 valence electrons. The summed E-state index contributed by atoms with van der Waals surface area (Å²) in [6.07, 6.45) is 0. The summed E-state index contributed by atoms with van der Waals surface area (Å²) in [5.41, 5.74) is -0.774. The number of ketones is 4. The van der Waals surface area contributed by atoms with Gasteiger partial charge in [0.2, 0.25) is 11.6 Å². The Kier molecular flexibility index (Phi) is 6.68. The van der Waals surface area contributed by atoms with E-state index < -0.39 is 77.9 Å². The Morgan fingerprint density at radius 3 is 0.795 bits per heavy atom. The van der Waals surface area contributed by atoms with Crippen LogP contribution in [0.2, 0.25) is 0 Å². The summed E-state index contributed by atoms with van der Waals surface area (Å²) < 4.78 is 22.7. The van der Waals surface area contributed by atoms with Crippen LogP contribution in [0.25, 0.3) is 0 Å². The number of hydrogen-bond acceptors (Lipinski definition) is 8. The quantitative estimate of drug-likeness (QED) is 0.263. The summed E-state index contributed by atoms with van der Waals surface area (Å²) >= 11 is 54.7. The Labute approximate surface area is 290 Å². The molecule has 6 aliphatic carbocycles. The number of rotatable bonds is 4. The summed E-state index contributed by atoms with van der Waals surface area (Å²) in [5, 5.41) is -0.872. The van der Waals surface area contributed by atoms with Gasteiger partial charge in [0.05, 0.1) is 43.8 Å². The third kappa shape index (κ3) is 2.68. The van der Waals surface area contributed by atoms with E-state index in [-0.39, 0.29) is 42.4 Å². The van der Waals surface area contributed by atoms with Gasteiger partial charge in [-0.05, 0) is 12.1 Å². The van der Waals surface area contributed by atoms with Crippen LogP contribution in [0.4, 0.5) is 0 Å². The van der Waals surface area contributed by atoms with E-state index in [0.717, 1.165) is 0 Å². The lowest BCUT2D eigenvalue weighted by atomic mass is 9.65. The standard InChI is InChI=1S/C28H18Cl8O8/c1-41-27(42-2)23(33)11-12(24(27,34)20(30)19(23)29)16(38)8-6-10-9(5-7(8)15(11)37)17(39)13-14(18(10)40)26(36)22(32)21(31)25(13,35)28(26,43-3)44-4/h5-6,11-14H,1-4H3. The molecule has 0 saturated heterocycles. The highest BCUT2D eigenvalue weighted by molar-refractivity contribution is 6.55. The van der Waals surface area contributed by atoms with Gasteiger partial charge in [0, 0.05) is 50.7 Å². The molecule has 0 aromatic heterocycles. The fourth-order valence-corrected chi connectivity index (χ4v) is 13.1. The van der Waals surface area contributed by atoms with Crippen molar-refractivity contribution in [2.45, 2.75) is 31.1 Å². The molecule has 4 bridgehead atoms. The minimum absolute atomic E-state index is 0.194. The van der Waals surface area contributed by atoms with Crippen LogP contribution < -0.4 is 0 Å². The minimum Gasteiger partial charge on any atom is -0.350 e. The molecule has 0 aliphatic heterocycles. The Morgan fingerprint density at radius 2 is 0.636 bits per heavy atom. The van der Waals surface area contributed by atoms with Gasteiger partial charge in [-0.25, -0.2) is 0 Å². The molecule has 2 saturated carbocycles. The second-order valence-corrected chi connectivity index (χ2v) is 15.4. The van der Waals surface area contributed by atoms with Gasteiger partial charge < -0.3 is 18.9 Å². The van der Waals surface area contributed by atoms with E-state index in [9.17, 15) is 19.2 Å². The highest BCUT2D eigenvalue weighted by Crippen LogP contribution is 2.77. The van der Waals surface area contributed by atoms with Crippen molar-refractivity contribution in [3.8, 4) is 0 Å². The van der Waals surface area contributed by atoms with Crippen LogP contribution in [-0.4, -0.2) is 82.6 Å². The number of Topliss-reactive ketones (excluding diaryl/α,β-unsaturated/α-hetero) is 4. The SMILES string of the molecule is COC1(OC)C2(Cl)C(Cl)=C(Cl)C1(Cl)C1C(=O)c3cc4c(cc3C(=O)C12)C(=O)C1C(C4=O)C2(Cl)C(Cl)=C(Cl)C1(Cl)C2(OC)OC. The second-order valence-electron chi connectivity index (χ2n) is 11.5. The van der Waals surface area contributed by atoms with Crippen molar-refractivity contribution in [2.24, 2.45) is 23.7 Å². The van der Waals surface area contributed by atoms with Crippen LogP contribution in [0.1, 0.15) is 41.4 Å². The Morgan fingerprint density at radius 1 is 0.455 bits per heavy atom. The lowest BCUT2D eigenvalue weighted by Gasteiger charge is -2.40. The molecular weight excluding hydrogens is 748 g/mol. The third-order valence-corrected chi connectivity index (χ3v) is 15.7. The molecule has 8 nitrogen and oxygen atoms in total. The van der Waals surface area contributed by atoms with Crippen LogP contribution in [0, 0.1) is 23.7 Å². The van der Waals surface area contributed by atoms with Gasteiger partial charge in [0.25, 0.3) is 0 Å². The van der Waals surface area contributed by atoms with Gasteiger partial charge in [0.15, 0.2) is 23.1 Å². The molecule has 0 N–H and O–H groups in total. The first-order valence-electron chi connectivity index (χ1n) is 12.9. The maximum Gasteiger partial charge on any atom is 0.218 e. The first kappa shape index (κ1) is 32.1.